The quantitative estimate of drug-likeness (QED) is 0.627. The molecular formula is C8H6FN3O2. The molecule has 2 heterocycles. The lowest BCUT2D eigenvalue weighted by molar-refractivity contribution is 0.0601. The maximum Gasteiger partial charge on any atom is 0.341 e. The smallest absolute Gasteiger partial charge is 0.341 e. The highest BCUT2D eigenvalue weighted by molar-refractivity contribution is 5.95. The molecule has 0 atom stereocenters. The summed E-state index contributed by atoms with van der Waals surface area (Å²) in [5, 5.41) is 7.23. The standard InChI is InChI=1S/C8H6FN3O2/c1-14-8(13)6-2-5(9)3-12-4-10-11-7(6)12/h2-4H,1H3. The highest BCUT2D eigenvalue weighted by atomic mass is 19.1. The Morgan fingerprint density at radius 3 is 3.14 bits per heavy atom. The van der Waals surface area contributed by atoms with Crippen molar-refractivity contribution in [2.75, 3.05) is 7.11 Å². The molecule has 0 saturated carbocycles. The number of rotatable bonds is 1. The molecule has 0 aliphatic carbocycles. The van der Waals surface area contributed by atoms with Crippen LogP contribution in [-0.4, -0.2) is 27.7 Å². The largest absolute Gasteiger partial charge is 0.465 e. The zero-order chi connectivity index (χ0) is 10.1. The van der Waals surface area contributed by atoms with Gasteiger partial charge in [-0.1, -0.05) is 0 Å². The summed E-state index contributed by atoms with van der Waals surface area (Å²) in [6.07, 6.45) is 2.49. The topological polar surface area (TPSA) is 56.5 Å². The van der Waals surface area contributed by atoms with Gasteiger partial charge >= 0.3 is 5.97 Å². The summed E-state index contributed by atoms with van der Waals surface area (Å²) in [5.41, 5.74) is 0.336. The Kier molecular flexibility index (Phi) is 1.88. The summed E-state index contributed by atoms with van der Waals surface area (Å²) < 4.78 is 18.8. The maximum atomic E-state index is 13.0. The number of ether oxygens (including phenoxy) is 1. The summed E-state index contributed by atoms with van der Waals surface area (Å²) in [6, 6.07) is 1.07. The Morgan fingerprint density at radius 1 is 1.64 bits per heavy atom. The average Bonchev–Trinajstić information content (AvgIpc) is 2.62. The van der Waals surface area contributed by atoms with Gasteiger partial charge in [-0.3, -0.25) is 4.40 Å². The minimum absolute atomic E-state index is 0.0602. The van der Waals surface area contributed by atoms with E-state index in [2.05, 4.69) is 14.9 Å². The van der Waals surface area contributed by atoms with Crippen LogP contribution in [0.2, 0.25) is 0 Å². The number of esters is 1. The first-order chi connectivity index (χ1) is 6.72. The van der Waals surface area contributed by atoms with Gasteiger partial charge in [0.2, 0.25) is 0 Å². The number of pyridine rings is 1. The van der Waals surface area contributed by atoms with E-state index in [1.165, 1.54) is 24.0 Å². The molecule has 0 fully saturated rings. The van der Waals surface area contributed by atoms with Crippen LogP contribution in [0.3, 0.4) is 0 Å². The predicted octanol–water partition coefficient (Wildman–Crippen LogP) is 0.655. The van der Waals surface area contributed by atoms with Crippen molar-refractivity contribution in [3.63, 3.8) is 0 Å². The second-order valence-electron chi connectivity index (χ2n) is 2.63. The van der Waals surface area contributed by atoms with Crippen LogP contribution in [0, 0.1) is 5.82 Å². The third-order valence-electron chi connectivity index (χ3n) is 1.76. The fourth-order valence-corrected chi connectivity index (χ4v) is 1.16. The number of carbonyl (C=O) groups excluding carboxylic acids is 1. The Balaban J connectivity index is 2.72. The van der Waals surface area contributed by atoms with E-state index in [1.807, 2.05) is 0 Å². The Labute approximate surface area is 78.1 Å². The number of halogens is 1. The Bertz CT molecular complexity index is 494. The number of methoxy groups -OCH3 is 1. The molecule has 0 amide bonds. The molecule has 2 rings (SSSR count). The average molecular weight is 195 g/mol. The van der Waals surface area contributed by atoms with Crippen molar-refractivity contribution in [1.29, 1.82) is 0 Å². The number of hydrogen-bond donors (Lipinski definition) is 0. The van der Waals surface area contributed by atoms with E-state index in [9.17, 15) is 9.18 Å². The van der Waals surface area contributed by atoms with Gasteiger partial charge < -0.3 is 4.74 Å². The fourth-order valence-electron chi connectivity index (χ4n) is 1.16. The lowest BCUT2D eigenvalue weighted by atomic mass is 10.2. The molecule has 0 bridgehead atoms. The molecule has 0 spiro atoms. The van der Waals surface area contributed by atoms with Gasteiger partial charge in [-0.05, 0) is 6.07 Å². The lowest BCUT2D eigenvalue weighted by Gasteiger charge is -2.00. The number of hydrogen-bond acceptors (Lipinski definition) is 4. The second-order valence-corrected chi connectivity index (χ2v) is 2.63. The van der Waals surface area contributed by atoms with Crippen LogP contribution >= 0.6 is 0 Å². The van der Waals surface area contributed by atoms with Crippen molar-refractivity contribution < 1.29 is 13.9 Å². The van der Waals surface area contributed by atoms with Crippen molar-refractivity contribution in [1.82, 2.24) is 14.6 Å². The van der Waals surface area contributed by atoms with Gasteiger partial charge in [0, 0.05) is 6.20 Å². The van der Waals surface area contributed by atoms with Gasteiger partial charge in [0.25, 0.3) is 0 Å². The predicted molar refractivity (Wildman–Crippen MR) is 44.3 cm³/mol. The molecule has 0 aliphatic heterocycles. The van der Waals surface area contributed by atoms with Gasteiger partial charge in [0.05, 0.1) is 7.11 Å². The monoisotopic (exact) mass is 195 g/mol. The van der Waals surface area contributed by atoms with E-state index >= 15 is 0 Å². The van der Waals surface area contributed by atoms with Gasteiger partial charge in [-0.25, -0.2) is 9.18 Å². The zero-order valence-corrected chi connectivity index (χ0v) is 7.27. The second kappa shape index (κ2) is 3.06. The van der Waals surface area contributed by atoms with E-state index < -0.39 is 11.8 Å². The van der Waals surface area contributed by atoms with E-state index in [0.29, 0.717) is 0 Å². The first kappa shape index (κ1) is 8.61. The summed E-state index contributed by atoms with van der Waals surface area (Å²) in [6.45, 7) is 0. The normalized spacial score (nSPS) is 10.4. The van der Waals surface area contributed by atoms with Crippen molar-refractivity contribution in [3.8, 4) is 0 Å². The van der Waals surface area contributed by atoms with Crippen LogP contribution in [0.25, 0.3) is 5.65 Å². The Hall–Kier alpha value is -1.98. The van der Waals surface area contributed by atoms with Crippen molar-refractivity contribution in [3.05, 3.63) is 30.0 Å². The number of nitrogens with zero attached hydrogens (tertiary/aromatic N) is 3. The molecule has 0 aromatic carbocycles. The van der Waals surface area contributed by atoms with E-state index in [1.54, 1.807) is 0 Å². The minimum atomic E-state index is -0.637. The highest BCUT2D eigenvalue weighted by Gasteiger charge is 2.14. The minimum Gasteiger partial charge on any atom is -0.465 e. The molecule has 0 aliphatic rings. The number of aromatic nitrogens is 3. The molecule has 14 heavy (non-hydrogen) atoms. The molecule has 0 N–H and O–H groups in total. The van der Waals surface area contributed by atoms with E-state index in [-0.39, 0.29) is 11.2 Å². The van der Waals surface area contributed by atoms with Crippen LogP contribution in [0.4, 0.5) is 4.39 Å². The molecule has 0 radical (unpaired) electrons. The maximum absolute atomic E-state index is 13.0. The van der Waals surface area contributed by atoms with Crippen LogP contribution in [0.5, 0.6) is 0 Å². The molecule has 2 aromatic rings. The van der Waals surface area contributed by atoms with E-state index in [0.717, 1.165) is 6.07 Å². The fraction of sp³-hybridized carbons (Fsp3) is 0.125. The third kappa shape index (κ3) is 1.20. The van der Waals surface area contributed by atoms with Crippen LogP contribution < -0.4 is 0 Å². The molecule has 5 nitrogen and oxygen atoms in total. The number of fused-ring (bicyclic) bond motifs is 1. The first-order valence-electron chi connectivity index (χ1n) is 3.79. The first-order valence-corrected chi connectivity index (χ1v) is 3.79. The van der Waals surface area contributed by atoms with Crippen LogP contribution in [0.1, 0.15) is 10.4 Å². The molecule has 6 heteroatoms. The van der Waals surface area contributed by atoms with Crippen molar-refractivity contribution in [2.24, 2.45) is 0 Å². The van der Waals surface area contributed by atoms with Crippen LogP contribution in [0.15, 0.2) is 18.6 Å². The van der Waals surface area contributed by atoms with Crippen molar-refractivity contribution >= 4 is 11.6 Å². The molecular weight excluding hydrogens is 189 g/mol. The SMILES string of the molecule is COC(=O)c1cc(F)cn2cnnc12. The van der Waals surface area contributed by atoms with Crippen molar-refractivity contribution in [2.45, 2.75) is 0 Å². The van der Waals surface area contributed by atoms with Gasteiger partial charge in [-0.2, -0.15) is 0 Å². The molecule has 2 aromatic heterocycles. The molecule has 0 unspecified atom stereocenters. The van der Waals surface area contributed by atoms with Crippen LogP contribution in [-0.2, 0) is 4.74 Å². The highest BCUT2D eigenvalue weighted by Crippen LogP contribution is 2.11. The van der Waals surface area contributed by atoms with Gasteiger partial charge in [-0.15, -0.1) is 10.2 Å². The third-order valence-corrected chi connectivity index (χ3v) is 1.76. The summed E-state index contributed by atoms with van der Waals surface area (Å²) >= 11 is 0. The van der Waals surface area contributed by atoms with Gasteiger partial charge in [0.15, 0.2) is 5.65 Å². The number of carbonyl (C=O) groups is 1. The summed E-state index contributed by atoms with van der Waals surface area (Å²) in [7, 11) is 1.22. The van der Waals surface area contributed by atoms with Gasteiger partial charge in [0.1, 0.15) is 17.7 Å². The Morgan fingerprint density at radius 2 is 2.43 bits per heavy atom. The summed E-state index contributed by atoms with van der Waals surface area (Å²) in [4.78, 5) is 11.2. The molecule has 0 saturated heterocycles. The summed E-state index contributed by atoms with van der Waals surface area (Å²) in [5.74, 6) is -1.18. The lowest BCUT2D eigenvalue weighted by Crippen LogP contribution is -2.05. The van der Waals surface area contributed by atoms with E-state index in [4.69, 9.17) is 0 Å². The zero-order valence-electron chi connectivity index (χ0n) is 7.27. The molecule has 72 valence electrons.